The number of amides is 2. The Morgan fingerprint density at radius 2 is 1.29 bits per heavy atom. The maximum Gasteiger partial charge on any atom is 0.226 e. The standard InChI is InChI=1S/C18H19NO2/c1-13(19(14(2)20)15(3)21)16-9-11-18(12-10-16)17-7-5-4-6-8-17/h4-13H,1-3H3/t13-/m1/s1. The molecule has 0 aliphatic rings. The number of hydrogen-bond donors (Lipinski definition) is 0. The summed E-state index contributed by atoms with van der Waals surface area (Å²) in [5.41, 5.74) is 3.20. The fourth-order valence-corrected chi connectivity index (χ4v) is 2.50. The summed E-state index contributed by atoms with van der Waals surface area (Å²) in [7, 11) is 0. The first-order valence-electron chi connectivity index (χ1n) is 6.96. The van der Waals surface area contributed by atoms with Crippen LogP contribution in [-0.4, -0.2) is 16.7 Å². The summed E-state index contributed by atoms with van der Waals surface area (Å²) in [5.74, 6) is -0.468. The second-order valence-corrected chi connectivity index (χ2v) is 5.07. The molecule has 0 N–H and O–H groups in total. The fourth-order valence-electron chi connectivity index (χ4n) is 2.50. The third-order valence-electron chi connectivity index (χ3n) is 3.57. The first kappa shape index (κ1) is 15.0. The van der Waals surface area contributed by atoms with Gasteiger partial charge in [-0.1, -0.05) is 54.6 Å². The van der Waals surface area contributed by atoms with Crippen LogP contribution >= 0.6 is 0 Å². The summed E-state index contributed by atoms with van der Waals surface area (Å²) in [6.45, 7) is 4.69. The number of benzene rings is 2. The van der Waals surface area contributed by atoms with Crippen molar-refractivity contribution in [1.29, 1.82) is 0 Å². The highest BCUT2D eigenvalue weighted by Gasteiger charge is 2.22. The predicted molar refractivity (Wildman–Crippen MR) is 83.5 cm³/mol. The molecule has 0 aliphatic heterocycles. The zero-order valence-corrected chi connectivity index (χ0v) is 12.5. The molecule has 2 rings (SSSR count). The second-order valence-electron chi connectivity index (χ2n) is 5.07. The van der Waals surface area contributed by atoms with Crippen LogP contribution in [-0.2, 0) is 9.59 Å². The van der Waals surface area contributed by atoms with E-state index in [1.165, 1.54) is 18.7 Å². The molecular weight excluding hydrogens is 262 g/mol. The smallest absolute Gasteiger partial charge is 0.226 e. The van der Waals surface area contributed by atoms with Crippen LogP contribution in [0.1, 0.15) is 32.4 Å². The predicted octanol–water partition coefficient (Wildman–Crippen LogP) is 3.81. The van der Waals surface area contributed by atoms with Crippen LogP contribution in [0.4, 0.5) is 0 Å². The van der Waals surface area contributed by atoms with E-state index >= 15 is 0 Å². The molecule has 2 aromatic rings. The molecule has 0 saturated carbocycles. The normalized spacial score (nSPS) is 11.8. The van der Waals surface area contributed by atoms with Gasteiger partial charge in [0.2, 0.25) is 11.8 Å². The summed E-state index contributed by atoms with van der Waals surface area (Å²) >= 11 is 0. The highest BCUT2D eigenvalue weighted by molar-refractivity contribution is 5.93. The molecule has 0 unspecified atom stereocenters. The van der Waals surface area contributed by atoms with Crippen LogP contribution in [0.25, 0.3) is 11.1 Å². The molecule has 2 amide bonds. The minimum Gasteiger partial charge on any atom is -0.276 e. The van der Waals surface area contributed by atoms with Gasteiger partial charge >= 0.3 is 0 Å². The molecule has 2 aromatic carbocycles. The Bertz CT molecular complexity index is 618. The van der Waals surface area contributed by atoms with E-state index in [1.807, 2.05) is 49.4 Å². The van der Waals surface area contributed by atoms with Crippen molar-refractivity contribution in [2.45, 2.75) is 26.8 Å². The molecule has 0 fully saturated rings. The molecule has 108 valence electrons. The highest BCUT2D eigenvalue weighted by atomic mass is 16.2. The molecule has 0 spiro atoms. The van der Waals surface area contributed by atoms with Gasteiger partial charge in [-0.15, -0.1) is 0 Å². The van der Waals surface area contributed by atoms with E-state index in [0.717, 1.165) is 16.7 Å². The molecule has 3 heteroatoms. The molecular formula is C18H19NO2. The van der Waals surface area contributed by atoms with E-state index in [2.05, 4.69) is 12.1 Å². The monoisotopic (exact) mass is 281 g/mol. The zero-order chi connectivity index (χ0) is 15.4. The van der Waals surface area contributed by atoms with Crippen LogP contribution in [0.5, 0.6) is 0 Å². The van der Waals surface area contributed by atoms with Crippen molar-refractivity contribution in [3.05, 3.63) is 60.2 Å². The summed E-state index contributed by atoms with van der Waals surface area (Å²) in [5, 5.41) is 0. The first-order valence-corrected chi connectivity index (χ1v) is 6.96. The summed E-state index contributed by atoms with van der Waals surface area (Å²) < 4.78 is 0. The average molecular weight is 281 g/mol. The van der Waals surface area contributed by atoms with E-state index in [9.17, 15) is 9.59 Å². The van der Waals surface area contributed by atoms with Crippen LogP contribution in [0.3, 0.4) is 0 Å². The maximum absolute atomic E-state index is 11.6. The minimum atomic E-state index is -0.259. The van der Waals surface area contributed by atoms with Crippen molar-refractivity contribution in [2.24, 2.45) is 0 Å². The lowest BCUT2D eigenvalue weighted by atomic mass is 10.0. The van der Waals surface area contributed by atoms with Gasteiger partial charge in [0, 0.05) is 13.8 Å². The lowest BCUT2D eigenvalue weighted by molar-refractivity contribution is -0.144. The first-order chi connectivity index (χ1) is 10.0. The number of carbonyl (C=O) groups is 2. The third kappa shape index (κ3) is 3.37. The Balaban J connectivity index is 2.26. The van der Waals surface area contributed by atoms with E-state index in [1.54, 1.807) is 0 Å². The number of hydrogen-bond acceptors (Lipinski definition) is 2. The lowest BCUT2D eigenvalue weighted by Gasteiger charge is -2.25. The van der Waals surface area contributed by atoms with Crippen molar-refractivity contribution in [1.82, 2.24) is 4.90 Å². The Hall–Kier alpha value is -2.42. The number of imide groups is 1. The maximum atomic E-state index is 11.6. The van der Waals surface area contributed by atoms with Crippen LogP contribution in [0.15, 0.2) is 54.6 Å². The Kier molecular flexibility index (Phi) is 4.53. The Morgan fingerprint density at radius 1 is 0.810 bits per heavy atom. The van der Waals surface area contributed by atoms with Crippen molar-refractivity contribution in [3.63, 3.8) is 0 Å². The molecule has 0 aliphatic carbocycles. The lowest BCUT2D eigenvalue weighted by Crippen LogP contribution is -2.35. The molecule has 1 atom stereocenters. The van der Waals surface area contributed by atoms with Gasteiger partial charge in [-0.05, 0) is 23.6 Å². The summed E-state index contributed by atoms with van der Waals surface area (Å²) in [4.78, 5) is 24.5. The molecule has 0 aromatic heterocycles. The summed E-state index contributed by atoms with van der Waals surface area (Å²) in [6.07, 6.45) is 0. The molecule has 21 heavy (non-hydrogen) atoms. The van der Waals surface area contributed by atoms with Gasteiger partial charge in [0.1, 0.15) is 0 Å². The Morgan fingerprint density at radius 3 is 1.76 bits per heavy atom. The fraction of sp³-hybridized carbons (Fsp3) is 0.222. The molecule has 0 bridgehead atoms. The van der Waals surface area contributed by atoms with Gasteiger partial charge in [0.05, 0.1) is 6.04 Å². The van der Waals surface area contributed by atoms with E-state index in [-0.39, 0.29) is 17.9 Å². The highest BCUT2D eigenvalue weighted by Crippen LogP contribution is 2.25. The average Bonchev–Trinajstić information content (AvgIpc) is 2.47. The van der Waals surface area contributed by atoms with Crippen LogP contribution in [0.2, 0.25) is 0 Å². The summed E-state index contributed by atoms with van der Waals surface area (Å²) in [6, 6.07) is 17.8. The molecule has 0 radical (unpaired) electrons. The van der Waals surface area contributed by atoms with Crippen molar-refractivity contribution in [3.8, 4) is 11.1 Å². The van der Waals surface area contributed by atoms with E-state index in [0.29, 0.717) is 0 Å². The van der Waals surface area contributed by atoms with Gasteiger partial charge in [0.15, 0.2) is 0 Å². The van der Waals surface area contributed by atoms with Gasteiger partial charge in [-0.3, -0.25) is 14.5 Å². The Labute approximate surface area is 125 Å². The van der Waals surface area contributed by atoms with E-state index in [4.69, 9.17) is 0 Å². The largest absolute Gasteiger partial charge is 0.276 e. The molecule has 3 nitrogen and oxygen atoms in total. The van der Waals surface area contributed by atoms with Gasteiger partial charge in [-0.2, -0.15) is 0 Å². The zero-order valence-electron chi connectivity index (χ0n) is 12.5. The van der Waals surface area contributed by atoms with Crippen molar-refractivity contribution < 1.29 is 9.59 Å². The second kappa shape index (κ2) is 6.35. The van der Waals surface area contributed by atoms with Gasteiger partial charge < -0.3 is 0 Å². The van der Waals surface area contributed by atoms with Crippen LogP contribution in [0, 0.1) is 0 Å². The van der Waals surface area contributed by atoms with Gasteiger partial charge in [0.25, 0.3) is 0 Å². The SMILES string of the molecule is CC(=O)N(C(C)=O)[C@H](C)c1ccc(-c2ccccc2)cc1. The number of carbonyl (C=O) groups excluding carboxylic acids is 2. The van der Waals surface area contributed by atoms with Gasteiger partial charge in [-0.25, -0.2) is 0 Å². The minimum absolute atomic E-state index is 0.234. The third-order valence-corrected chi connectivity index (χ3v) is 3.57. The van der Waals surface area contributed by atoms with Crippen LogP contribution < -0.4 is 0 Å². The van der Waals surface area contributed by atoms with Crippen molar-refractivity contribution >= 4 is 11.8 Å². The topological polar surface area (TPSA) is 37.4 Å². The van der Waals surface area contributed by atoms with E-state index < -0.39 is 0 Å². The van der Waals surface area contributed by atoms with Crippen molar-refractivity contribution in [2.75, 3.05) is 0 Å². The number of nitrogens with zero attached hydrogens (tertiary/aromatic N) is 1. The molecule has 0 heterocycles. The molecule has 0 saturated heterocycles. The quantitative estimate of drug-likeness (QED) is 0.858. The number of rotatable bonds is 3.